The zero-order valence-corrected chi connectivity index (χ0v) is 11.2. The predicted octanol–water partition coefficient (Wildman–Crippen LogP) is 2.13. The van der Waals surface area contributed by atoms with Crippen LogP contribution in [-0.2, 0) is 4.79 Å². The molecule has 2 atom stereocenters. The van der Waals surface area contributed by atoms with Crippen molar-refractivity contribution in [3.05, 3.63) is 0 Å². The number of hydrogen-bond acceptors (Lipinski definition) is 2. The van der Waals surface area contributed by atoms with Crippen molar-refractivity contribution in [2.24, 2.45) is 11.8 Å². The van der Waals surface area contributed by atoms with Gasteiger partial charge in [-0.05, 0) is 26.3 Å². The SMILES string of the molecule is CN1CCN(C(=O)C2CCCC(C(F)(F)F)C2)CC1. The molecule has 0 bridgehead atoms. The summed E-state index contributed by atoms with van der Waals surface area (Å²) in [4.78, 5) is 16.1. The molecule has 1 saturated carbocycles. The number of halogens is 3. The maximum absolute atomic E-state index is 12.7. The Morgan fingerprint density at radius 2 is 1.74 bits per heavy atom. The van der Waals surface area contributed by atoms with E-state index in [4.69, 9.17) is 0 Å². The van der Waals surface area contributed by atoms with Crippen molar-refractivity contribution in [3.63, 3.8) is 0 Å². The first-order valence-corrected chi connectivity index (χ1v) is 6.92. The van der Waals surface area contributed by atoms with Crippen LogP contribution in [0.3, 0.4) is 0 Å². The highest BCUT2D eigenvalue weighted by Gasteiger charge is 2.44. The lowest BCUT2D eigenvalue weighted by Gasteiger charge is -2.37. The first-order valence-electron chi connectivity index (χ1n) is 6.92. The number of nitrogens with zero attached hydrogens (tertiary/aromatic N) is 2. The molecule has 0 aromatic rings. The standard InChI is InChI=1S/C13H21F3N2O/c1-17-5-7-18(8-6-17)12(19)10-3-2-4-11(9-10)13(14,15)16/h10-11H,2-9H2,1H3. The third-order valence-electron chi connectivity index (χ3n) is 4.30. The second-order valence-electron chi connectivity index (χ2n) is 5.73. The van der Waals surface area contributed by atoms with Gasteiger partial charge in [-0.2, -0.15) is 13.2 Å². The molecule has 0 aromatic carbocycles. The molecule has 1 aliphatic heterocycles. The third kappa shape index (κ3) is 3.61. The molecule has 19 heavy (non-hydrogen) atoms. The van der Waals surface area contributed by atoms with Crippen LogP contribution in [0.1, 0.15) is 25.7 Å². The van der Waals surface area contributed by atoms with E-state index in [1.54, 1.807) is 4.90 Å². The molecule has 1 amide bonds. The summed E-state index contributed by atoms with van der Waals surface area (Å²) in [6.45, 7) is 2.90. The van der Waals surface area contributed by atoms with Crippen LogP contribution < -0.4 is 0 Å². The molecule has 0 radical (unpaired) electrons. The van der Waals surface area contributed by atoms with Crippen molar-refractivity contribution in [2.75, 3.05) is 33.2 Å². The highest BCUT2D eigenvalue weighted by molar-refractivity contribution is 5.79. The van der Waals surface area contributed by atoms with Gasteiger partial charge in [0, 0.05) is 32.1 Å². The summed E-state index contributed by atoms with van der Waals surface area (Å²) in [6, 6.07) is 0. The molecule has 2 fully saturated rings. The minimum absolute atomic E-state index is 0.0192. The van der Waals surface area contributed by atoms with Gasteiger partial charge in [0.25, 0.3) is 0 Å². The fourth-order valence-corrected chi connectivity index (χ4v) is 3.00. The van der Waals surface area contributed by atoms with Gasteiger partial charge < -0.3 is 9.80 Å². The molecule has 0 N–H and O–H groups in total. The Bertz CT molecular complexity index is 324. The van der Waals surface area contributed by atoms with E-state index in [1.807, 2.05) is 7.05 Å². The van der Waals surface area contributed by atoms with Gasteiger partial charge in [-0.1, -0.05) is 6.42 Å². The van der Waals surface area contributed by atoms with Crippen LogP contribution in [0.4, 0.5) is 13.2 Å². The molecular formula is C13H21F3N2O. The van der Waals surface area contributed by atoms with E-state index in [-0.39, 0.29) is 18.7 Å². The molecule has 0 spiro atoms. The highest BCUT2D eigenvalue weighted by atomic mass is 19.4. The summed E-state index contributed by atoms with van der Waals surface area (Å²) in [7, 11) is 1.99. The van der Waals surface area contributed by atoms with Crippen LogP contribution >= 0.6 is 0 Å². The number of carbonyl (C=O) groups excluding carboxylic acids is 1. The average Bonchev–Trinajstić information content (AvgIpc) is 2.38. The van der Waals surface area contributed by atoms with Crippen molar-refractivity contribution >= 4 is 5.91 Å². The van der Waals surface area contributed by atoms with Crippen LogP contribution in [0, 0.1) is 11.8 Å². The zero-order chi connectivity index (χ0) is 14.0. The summed E-state index contributed by atoms with van der Waals surface area (Å²) in [6.07, 6.45) is -2.88. The van der Waals surface area contributed by atoms with E-state index in [1.165, 1.54) is 0 Å². The number of piperazine rings is 1. The Kier molecular flexibility index (Phi) is 4.38. The maximum Gasteiger partial charge on any atom is 0.391 e. The van der Waals surface area contributed by atoms with Crippen LogP contribution in [0.2, 0.25) is 0 Å². The van der Waals surface area contributed by atoms with Gasteiger partial charge in [-0.25, -0.2) is 0 Å². The molecular weight excluding hydrogens is 257 g/mol. The van der Waals surface area contributed by atoms with E-state index in [9.17, 15) is 18.0 Å². The molecule has 110 valence electrons. The Morgan fingerprint density at radius 3 is 2.32 bits per heavy atom. The smallest absolute Gasteiger partial charge is 0.340 e. The molecule has 3 nitrogen and oxygen atoms in total. The van der Waals surface area contributed by atoms with Crippen LogP contribution in [0.15, 0.2) is 0 Å². The lowest BCUT2D eigenvalue weighted by Crippen LogP contribution is -2.49. The van der Waals surface area contributed by atoms with Gasteiger partial charge in [0.15, 0.2) is 0 Å². The molecule has 0 aromatic heterocycles. The van der Waals surface area contributed by atoms with Crippen molar-refractivity contribution in [3.8, 4) is 0 Å². The Morgan fingerprint density at radius 1 is 1.11 bits per heavy atom. The molecule has 2 aliphatic rings. The molecule has 1 aliphatic carbocycles. The van der Waals surface area contributed by atoms with Crippen LogP contribution in [0.5, 0.6) is 0 Å². The number of amides is 1. The van der Waals surface area contributed by atoms with Crippen molar-refractivity contribution in [2.45, 2.75) is 31.9 Å². The lowest BCUT2D eigenvalue weighted by atomic mass is 9.80. The van der Waals surface area contributed by atoms with E-state index >= 15 is 0 Å². The summed E-state index contributed by atoms with van der Waals surface area (Å²) < 4.78 is 38.2. The summed E-state index contributed by atoms with van der Waals surface area (Å²) in [5.41, 5.74) is 0. The Labute approximate surface area is 111 Å². The van der Waals surface area contributed by atoms with Gasteiger partial charge >= 0.3 is 6.18 Å². The maximum atomic E-state index is 12.7. The highest BCUT2D eigenvalue weighted by Crippen LogP contribution is 2.40. The van der Waals surface area contributed by atoms with E-state index < -0.39 is 18.0 Å². The number of hydrogen-bond donors (Lipinski definition) is 0. The second-order valence-corrected chi connectivity index (χ2v) is 5.73. The molecule has 2 rings (SSSR count). The zero-order valence-electron chi connectivity index (χ0n) is 11.2. The number of carbonyl (C=O) groups is 1. The number of rotatable bonds is 1. The summed E-state index contributed by atoms with van der Waals surface area (Å²) >= 11 is 0. The third-order valence-corrected chi connectivity index (χ3v) is 4.30. The quantitative estimate of drug-likeness (QED) is 0.733. The average molecular weight is 278 g/mol. The van der Waals surface area contributed by atoms with E-state index in [0.717, 1.165) is 13.1 Å². The minimum atomic E-state index is -4.15. The number of alkyl halides is 3. The largest absolute Gasteiger partial charge is 0.391 e. The lowest BCUT2D eigenvalue weighted by molar-refractivity contribution is -0.187. The van der Waals surface area contributed by atoms with Gasteiger partial charge in [-0.3, -0.25) is 4.79 Å². The van der Waals surface area contributed by atoms with Crippen molar-refractivity contribution in [1.29, 1.82) is 0 Å². The normalized spacial score (nSPS) is 30.4. The van der Waals surface area contributed by atoms with Crippen LogP contribution in [0.25, 0.3) is 0 Å². The number of likely N-dealkylation sites (N-methyl/N-ethyl adjacent to an activating group) is 1. The van der Waals surface area contributed by atoms with E-state index in [2.05, 4.69) is 4.90 Å². The molecule has 6 heteroatoms. The monoisotopic (exact) mass is 278 g/mol. The van der Waals surface area contributed by atoms with Gasteiger partial charge in [0.1, 0.15) is 0 Å². The Hall–Kier alpha value is -0.780. The topological polar surface area (TPSA) is 23.6 Å². The second kappa shape index (κ2) is 5.69. The molecule has 2 unspecified atom stereocenters. The first kappa shape index (κ1) is 14.6. The molecule has 1 heterocycles. The van der Waals surface area contributed by atoms with Crippen LogP contribution in [-0.4, -0.2) is 55.1 Å². The van der Waals surface area contributed by atoms with Gasteiger partial charge in [0.2, 0.25) is 5.91 Å². The van der Waals surface area contributed by atoms with Gasteiger partial charge in [0.05, 0.1) is 5.92 Å². The summed E-state index contributed by atoms with van der Waals surface area (Å²) in [5.74, 6) is -1.78. The summed E-state index contributed by atoms with van der Waals surface area (Å²) in [5, 5.41) is 0. The minimum Gasteiger partial charge on any atom is -0.340 e. The Balaban J connectivity index is 1.92. The molecule has 1 saturated heterocycles. The fraction of sp³-hybridized carbons (Fsp3) is 0.923. The fourth-order valence-electron chi connectivity index (χ4n) is 3.00. The van der Waals surface area contributed by atoms with Crippen molar-refractivity contribution < 1.29 is 18.0 Å². The van der Waals surface area contributed by atoms with Crippen molar-refractivity contribution in [1.82, 2.24) is 9.80 Å². The van der Waals surface area contributed by atoms with Gasteiger partial charge in [-0.15, -0.1) is 0 Å². The first-order chi connectivity index (χ1) is 8.88. The predicted molar refractivity (Wildman–Crippen MR) is 65.6 cm³/mol. The van der Waals surface area contributed by atoms with E-state index in [0.29, 0.717) is 25.9 Å².